The van der Waals surface area contributed by atoms with Crippen LogP contribution in [-0.2, 0) is 40.2 Å². The smallest absolute Gasteiger partial charge is 0.281 e. The van der Waals surface area contributed by atoms with Crippen molar-refractivity contribution in [3.63, 3.8) is 0 Å². The lowest BCUT2D eigenvalue weighted by molar-refractivity contribution is -0.314. The van der Waals surface area contributed by atoms with E-state index in [9.17, 15) is 28.3 Å². The zero-order chi connectivity index (χ0) is 31.1. The molecule has 0 bridgehead atoms. The minimum atomic E-state index is -3.67. The first kappa shape index (κ1) is 30.2. The molecule has 43 heavy (non-hydrogen) atoms. The Morgan fingerprint density at radius 3 is 2.72 bits per heavy atom. The number of piperazine rings is 1. The minimum Gasteiger partial charge on any atom is -0.587 e. The number of amides is 3. The van der Waals surface area contributed by atoms with Gasteiger partial charge in [0.2, 0.25) is 17.5 Å². The van der Waals surface area contributed by atoms with Gasteiger partial charge in [0.25, 0.3) is 11.8 Å². The fourth-order valence-corrected chi connectivity index (χ4v) is 7.80. The molecule has 2 aromatic rings. The number of nitrogens with one attached hydrogen (secondary N) is 2. The molecule has 4 N–H and O–H groups in total. The van der Waals surface area contributed by atoms with Crippen molar-refractivity contribution in [2.24, 2.45) is 11.8 Å². The van der Waals surface area contributed by atoms with E-state index in [0.717, 1.165) is 23.3 Å². The molecule has 7 atom stereocenters. The molecule has 1 aromatic heterocycles. The molecule has 0 saturated carbocycles. The first-order valence-electron chi connectivity index (χ1n) is 14.7. The third kappa shape index (κ3) is 4.88. The normalized spacial score (nSPS) is 34.8. The molecule has 14 heteroatoms. The van der Waals surface area contributed by atoms with Crippen LogP contribution in [-0.4, -0.2) is 108 Å². The first-order chi connectivity index (χ1) is 20.1. The van der Waals surface area contributed by atoms with Crippen molar-refractivity contribution < 1.29 is 37.5 Å². The number of ether oxygens (including phenoxy) is 1. The van der Waals surface area contributed by atoms with Crippen molar-refractivity contribution in [2.45, 2.75) is 69.2 Å². The number of piperidine rings is 1. The highest BCUT2D eigenvalue weighted by Crippen LogP contribution is 2.47. The first-order valence-corrected chi connectivity index (χ1v) is 16.6. The van der Waals surface area contributed by atoms with E-state index in [1.807, 2.05) is 0 Å². The fourth-order valence-electron chi connectivity index (χ4n) is 7.80. The fraction of sp³-hybridized carbons (Fsp3) is 0.621. The summed E-state index contributed by atoms with van der Waals surface area (Å²) in [5.41, 5.74) is 1.96. The maximum Gasteiger partial charge on any atom is 0.281 e. The number of likely N-dealkylation sites (tertiary alicyclic amines) is 1. The van der Waals surface area contributed by atoms with Crippen LogP contribution in [0.1, 0.15) is 50.2 Å². The molecule has 0 spiro atoms. The Kier molecular flexibility index (Phi) is 7.26. The number of aromatic amines is 1. The van der Waals surface area contributed by atoms with Crippen LogP contribution in [0.5, 0.6) is 0 Å². The maximum absolute atomic E-state index is 13.9. The van der Waals surface area contributed by atoms with E-state index in [1.54, 1.807) is 18.7 Å². The van der Waals surface area contributed by atoms with Crippen LogP contribution in [0.25, 0.3) is 10.9 Å². The Morgan fingerprint density at radius 1 is 1.30 bits per heavy atom. The van der Waals surface area contributed by atoms with Gasteiger partial charge in [-0.3, -0.25) is 24.0 Å². The minimum absolute atomic E-state index is 0.187. The van der Waals surface area contributed by atoms with Gasteiger partial charge in [-0.05, 0) is 49.9 Å². The highest BCUT2D eigenvalue weighted by Gasteiger charge is 2.69. The van der Waals surface area contributed by atoms with Crippen LogP contribution in [0.4, 0.5) is 0 Å². The highest BCUT2D eigenvalue weighted by molar-refractivity contribution is 7.91. The summed E-state index contributed by atoms with van der Waals surface area (Å²) in [5.74, 6) is -3.59. The van der Waals surface area contributed by atoms with Crippen molar-refractivity contribution in [3.8, 4) is 0 Å². The van der Waals surface area contributed by atoms with Crippen LogP contribution in [0.3, 0.4) is 0 Å². The number of hydrogen-bond acceptors (Lipinski definition) is 8. The lowest BCUT2D eigenvalue weighted by atomic mass is 9.72. The van der Waals surface area contributed by atoms with E-state index in [1.165, 1.54) is 16.5 Å². The summed E-state index contributed by atoms with van der Waals surface area (Å²) in [6.45, 7) is 4.44. The SMILES string of the molecule is CC(C)[C@@]1(NC(=O)[C@H]2C[C@H]3c4cccc5[nH]cc(c45)C[C@@H]3N(C)C2)O[C@]2(O)[C@H]3CCCN3C(=O)CN2C1=O.C[S+](=O)([O-])O. The topological polar surface area (TPSA) is 179 Å². The number of carbonyl (C=O) groups excluding carboxylic acids is 3. The Hall–Kier alpha value is -2.88. The Labute approximate surface area is 251 Å². The second-order valence-corrected chi connectivity index (χ2v) is 14.3. The molecule has 13 nitrogen and oxygen atoms in total. The molecule has 5 heterocycles. The predicted octanol–water partition coefficient (Wildman–Crippen LogP) is 0.825. The number of hydrogen-bond donors (Lipinski definition) is 4. The van der Waals surface area contributed by atoms with Crippen LogP contribution in [0.15, 0.2) is 24.4 Å². The van der Waals surface area contributed by atoms with E-state index in [-0.39, 0.29) is 30.2 Å². The third-order valence-corrected chi connectivity index (χ3v) is 9.78. The molecule has 1 aromatic carbocycles. The Morgan fingerprint density at radius 2 is 2.02 bits per heavy atom. The van der Waals surface area contributed by atoms with Crippen LogP contribution in [0.2, 0.25) is 0 Å². The lowest BCUT2D eigenvalue weighted by Crippen LogP contribution is -2.67. The van der Waals surface area contributed by atoms with Gasteiger partial charge in [-0.1, -0.05) is 30.2 Å². The summed E-state index contributed by atoms with van der Waals surface area (Å²) >= 11 is 0. The second kappa shape index (κ2) is 10.3. The van der Waals surface area contributed by atoms with Crippen molar-refractivity contribution in [3.05, 3.63) is 35.5 Å². The molecular weight excluding hydrogens is 578 g/mol. The number of aliphatic hydroxyl groups is 1. The third-order valence-electron chi connectivity index (χ3n) is 9.78. The summed E-state index contributed by atoms with van der Waals surface area (Å²) in [4.78, 5) is 48.9. The van der Waals surface area contributed by atoms with Crippen LogP contribution < -0.4 is 5.32 Å². The van der Waals surface area contributed by atoms with Gasteiger partial charge in [-0.15, -0.1) is 0 Å². The quantitative estimate of drug-likeness (QED) is 0.363. The van der Waals surface area contributed by atoms with Gasteiger partial charge in [0, 0.05) is 48.1 Å². The molecule has 1 aliphatic carbocycles. The predicted molar refractivity (Wildman–Crippen MR) is 155 cm³/mol. The van der Waals surface area contributed by atoms with Gasteiger partial charge in [-0.25, -0.2) is 0 Å². The van der Waals surface area contributed by atoms with Gasteiger partial charge in [0.1, 0.15) is 18.8 Å². The molecule has 7 rings (SSSR count). The number of fused-ring (bicyclic) bond motifs is 5. The van der Waals surface area contributed by atoms with Gasteiger partial charge in [0.15, 0.2) is 10.5 Å². The molecule has 4 aliphatic heterocycles. The average Bonchev–Trinajstić information content (AvgIpc) is 3.63. The number of benzene rings is 1. The molecule has 234 valence electrons. The zero-order valence-electron chi connectivity index (χ0n) is 24.7. The van der Waals surface area contributed by atoms with Crippen molar-refractivity contribution >= 4 is 39.1 Å². The summed E-state index contributed by atoms with van der Waals surface area (Å²) in [5, 5.41) is 15.9. The number of likely N-dealkylation sites (N-methyl/N-ethyl adjacent to an activating group) is 1. The van der Waals surface area contributed by atoms with E-state index < -0.39 is 40.0 Å². The molecule has 3 amide bonds. The molecule has 5 aliphatic rings. The molecule has 4 fully saturated rings. The summed E-state index contributed by atoms with van der Waals surface area (Å²) < 4.78 is 32.1. The van der Waals surface area contributed by atoms with Crippen molar-refractivity contribution in [1.82, 2.24) is 25.0 Å². The molecule has 4 saturated heterocycles. The number of nitrogens with zero attached hydrogens (tertiary/aromatic N) is 3. The highest BCUT2D eigenvalue weighted by atomic mass is 32.3. The van der Waals surface area contributed by atoms with E-state index in [2.05, 4.69) is 46.6 Å². The van der Waals surface area contributed by atoms with Crippen molar-refractivity contribution in [1.29, 1.82) is 0 Å². The summed E-state index contributed by atoms with van der Waals surface area (Å²) in [6, 6.07) is 5.98. The number of rotatable bonds is 3. The summed E-state index contributed by atoms with van der Waals surface area (Å²) in [6.07, 6.45) is 5.68. The lowest BCUT2D eigenvalue weighted by Gasteiger charge is -2.46. The van der Waals surface area contributed by atoms with E-state index >= 15 is 0 Å². The zero-order valence-corrected chi connectivity index (χ0v) is 25.6. The second-order valence-electron chi connectivity index (χ2n) is 12.8. The molecule has 1 unspecified atom stereocenters. The molecular formula is C29H39N5O8S. The van der Waals surface area contributed by atoms with Crippen molar-refractivity contribution in [2.75, 3.05) is 32.9 Å². The van der Waals surface area contributed by atoms with Crippen LogP contribution >= 0.6 is 0 Å². The van der Waals surface area contributed by atoms with Gasteiger partial charge in [0.05, 0.1) is 5.92 Å². The number of H-pyrrole nitrogens is 1. The standard InChI is InChI=1S/C28H35N5O5.CH4O3S/c1-15(2)27(26(36)33-14-23(34)32-9-5-8-22(32)28(33,37)38-27)30-25(35)17-10-19-18-6-4-7-20-24(18)16(12-29-20)11-21(19)31(3)13-17;1-5(2,3)4/h4,6-7,12,15,17,19,21-22,29,37H,5,8-11,13-14H2,1-3H3,(H,30,35);1H3,(H-,2,3,4)/t17-,19-,21-,22+,27+,28+;/m0./s1. The summed E-state index contributed by atoms with van der Waals surface area (Å²) in [7, 11) is -1.60. The average molecular weight is 618 g/mol. The van der Waals surface area contributed by atoms with Gasteiger partial charge in [-0.2, -0.15) is 4.55 Å². The Balaban J connectivity index is 0.000000611. The Bertz CT molecular complexity index is 1510. The monoisotopic (exact) mass is 617 g/mol. The van der Waals surface area contributed by atoms with Gasteiger partial charge < -0.3 is 29.8 Å². The molecule has 0 radical (unpaired) electrons. The van der Waals surface area contributed by atoms with Gasteiger partial charge >= 0.3 is 0 Å². The number of carbonyl (C=O) groups is 3. The van der Waals surface area contributed by atoms with Crippen LogP contribution in [0, 0.1) is 11.8 Å². The van der Waals surface area contributed by atoms with E-state index in [0.29, 0.717) is 38.2 Å². The van der Waals surface area contributed by atoms with E-state index in [4.69, 9.17) is 9.29 Å². The number of aromatic nitrogens is 1. The largest absolute Gasteiger partial charge is 0.587 e. The maximum atomic E-state index is 13.9.